The lowest BCUT2D eigenvalue weighted by Gasteiger charge is -2.41. The first-order valence-electron chi connectivity index (χ1n) is 6.86. The summed E-state index contributed by atoms with van der Waals surface area (Å²) < 4.78 is 0.966. The number of halogens is 1. The molecule has 0 saturated carbocycles. The minimum atomic E-state index is -1.00. The van der Waals surface area contributed by atoms with Gasteiger partial charge in [0.15, 0.2) is 0 Å². The summed E-state index contributed by atoms with van der Waals surface area (Å²) >= 11 is 3.91. The van der Waals surface area contributed by atoms with Crippen molar-refractivity contribution in [1.82, 2.24) is 9.55 Å². The van der Waals surface area contributed by atoms with E-state index < -0.39 is 6.09 Å². The lowest BCUT2D eigenvalue weighted by molar-refractivity contribution is 0.197. The average molecular weight is 349 g/mol. The Morgan fingerprint density at radius 3 is 2.81 bits per heavy atom. The van der Waals surface area contributed by atoms with Crippen LogP contribution in [0.25, 0.3) is 17.1 Å². The molecule has 2 heterocycles. The molecular formula is C16H17BrN2O2. The SMILES string of the molecule is CC(C)(C)C1(Br)CC=Cc2c1c1cccnc1n2C(=O)O. The van der Waals surface area contributed by atoms with E-state index in [2.05, 4.69) is 41.7 Å². The summed E-state index contributed by atoms with van der Waals surface area (Å²) in [4.78, 5) is 16.0. The predicted molar refractivity (Wildman–Crippen MR) is 86.9 cm³/mol. The standard InChI is InChI=1S/C16H17BrN2O2/c1-15(2,3)16(17)8-4-7-11-12(16)10-6-5-9-18-13(10)19(11)14(20)21/h4-7,9H,8H2,1-3H3,(H,20,21). The maximum atomic E-state index is 11.7. The Labute approximate surface area is 131 Å². The van der Waals surface area contributed by atoms with Crippen molar-refractivity contribution in [3.05, 3.63) is 35.7 Å². The van der Waals surface area contributed by atoms with Crippen LogP contribution >= 0.6 is 15.9 Å². The lowest BCUT2D eigenvalue weighted by Crippen LogP contribution is -2.35. The summed E-state index contributed by atoms with van der Waals surface area (Å²) in [6, 6.07) is 3.80. The van der Waals surface area contributed by atoms with E-state index in [4.69, 9.17) is 0 Å². The van der Waals surface area contributed by atoms with Crippen LogP contribution in [0.1, 0.15) is 38.4 Å². The van der Waals surface area contributed by atoms with E-state index in [9.17, 15) is 9.90 Å². The molecule has 0 radical (unpaired) electrons. The van der Waals surface area contributed by atoms with E-state index in [-0.39, 0.29) is 9.74 Å². The number of hydrogen-bond acceptors (Lipinski definition) is 2. The van der Waals surface area contributed by atoms with Gasteiger partial charge in [0, 0.05) is 17.1 Å². The number of fused-ring (bicyclic) bond motifs is 3. The van der Waals surface area contributed by atoms with Crippen molar-refractivity contribution in [3.63, 3.8) is 0 Å². The minimum absolute atomic E-state index is 0.0695. The van der Waals surface area contributed by atoms with Gasteiger partial charge in [-0.05, 0) is 30.0 Å². The smallest absolute Gasteiger partial charge is 0.417 e. The molecule has 1 atom stereocenters. The second-order valence-electron chi connectivity index (χ2n) is 6.41. The molecule has 0 aliphatic heterocycles. The second-order valence-corrected chi connectivity index (χ2v) is 7.76. The van der Waals surface area contributed by atoms with Crippen LogP contribution < -0.4 is 0 Å². The van der Waals surface area contributed by atoms with Crippen molar-refractivity contribution in [3.8, 4) is 0 Å². The lowest BCUT2D eigenvalue weighted by atomic mass is 9.72. The van der Waals surface area contributed by atoms with Gasteiger partial charge in [-0.15, -0.1) is 0 Å². The first-order valence-corrected chi connectivity index (χ1v) is 7.65. The van der Waals surface area contributed by atoms with Gasteiger partial charge in [-0.25, -0.2) is 14.3 Å². The molecule has 1 aliphatic rings. The Morgan fingerprint density at radius 1 is 1.48 bits per heavy atom. The van der Waals surface area contributed by atoms with Crippen molar-refractivity contribution in [2.75, 3.05) is 0 Å². The fourth-order valence-corrected chi connectivity index (χ4v) is 3.62. The van der Waals surface area contributed by atoms with Gasteiger partial charge < -0.3 is 5.11 Å². The van der Waals surface area contributed by atoms with E-state index in [0.717, 1.165) is 17.4 Å². The van der Waals surface area contributed by atoms with Gasteiger partial charge in [-0.2, -0.15) is 0 Å². The molecule has 110 valence electrons. The third-order valence-corrected chi connectivity index (χ3v) is 6.13. The number of alkyl halides is 1. The highest BCUT2D eigenvalue weighted by atomic mass is 79.9. The maximum absolute atomic E-state index is 11.7. The van der Waals surface area contributed by atoms with Crippen LogP contribution in [0.2, 0.25) is 0 Å². The second kappa shape index (κ2) is 4.44. The number of hydrogen-bond donors (Lipinski definition) is 1. The van der Waals surface area contributed by atoms with E-state index in [0.29, 0.717) is 11.3 Å². The summed E-state index contributed by atoms with van der Waals surface area (Å²) in [5, 5.41) is 10.5. The van der Waals surface area contributed by atoms with E-state index in [1.54, 1.807) is 6.20 Å². The van der Waals surface area contributed by atoms with E-state index >= 15 is 0 Å². The zero-order valence-electron chi connectivity index (χ0n) is 12.2. The van der Waals surface area contributed by atoms with E-state index in [1.807, 2.05) is 24.3 Å². The Kier molecular flexibility index (Phi) is 3.03. The monoisotopic (exact) mass is 348 g/mol. The molecule has 0 aromatic carbocycles. The molecule has 2 aromatic heterocycles. The molecule has 0 bridgehead atoms. The molecule has 3 rings (SSSR count). The molecule has 4 nitrogen and oxygen atoms in total. The first-order chi connectivity index (χ1) is 9.77. The Morgan fingerprint density at radius 2 is 2.19 bits per heavy atom. The van der Waals surface area contributed by atoms with Crippen molar-refractivity contribution in [1.29, 1.82) is 0 Å². The van der Waals surface area contributed by atoms with Gasteiger partial charge in [0.25, 0.3) is 0 Å². The topological polar surface area (TPSA) is 55.1 Å². The van der Waals surface area contributed by atoms with Crippen LogP contribution in [0.5, 0.6) is 0 Å². The largest absolute Gasteiger partial charge is 0.464 e. The van der Waals surface area contributed by atoms with Crippen LogP contribution in [-0.4, -0.2) is 20.8 Å². The molecule has 0 fully saturated rings. The van der Waals surface area contributed by atoms with Crippen LogP contribution in [-0.2, 0) is 4.32 Å². The summed E-state index contributed by atoms with van der Waals surface area (Å²) in [5.74, 6) is 0. The van der Waals surface area contributed by atoms with Gasteiger partial charge in [-0.3, -0.25) is 0 Å². The predicted octanol–water partition coefficient (Wildman–Crippen LogP) is 4.62. The molecule has 5 heteroatoms. The number of carboxylic acid groups (broad SMARTS) is 1. The fraction of sp³-hybridized carbons (Fsp3) is 0.375. The summed E-state index contributed by atoms with van der Waals surface area (Å²) in [6.45, 7) is 6.47. The number of pyridine rings is 1. The maximum Gasteiger partial charge on any atom is 0.417 e. The zero-order chi connectivity index (χ0) is 15.4. The first kappa shape index (κ1) is 14.3. The third-order valence-electron chi connectivity index (χ3n) is 4.22. The van der Waals surface area contributed by atoms with Crippen LogP contribution in [0.15, 0.2) is 24.4 Å². The molecule has 1 unspecified atom stereocenters. The molecule has 0 spiro atoms. The Balaban J connectivity index is 2.48. The molecule has 0 amide bonds. The van der Waals surface area contributed by atoms with Gasteiger partial charge in [0.1, 0.15) is 5.65 Å². The normalized spacial score (nSPS) is 21.5. The summed E-state index contributed by atoms with van der Waals surface area (Å²) in [7, 11) is 0. The summed E-state index contributed by atoms with van der Waals surface area (Å²) in [5.41, 5.74) is 2.15. The Bertz CT molecular complexity index is 770. The van der Waals surface area contributed by atoms with E-state index in [1.165, 1.54) is 4.57 Å². The quantitative estimate of drug-likeness (QED) is 0.707. The highest BCUT2D eigenvalue weighted by Gasteiger charge is 2.46. The number of nitrogens with zero attached hydrogens (tertiary/aromatic N) is 2. The number of rotatable bonds is 0. The van der Waals surface area contributed by atoms with Crippen molar-refractivity contribution >= 4 is 39.1 Å². The molecule has 21 heavy (non-hydrogen) atoms. The highest BCUT2D eigenvalue weighted by molar-refractivity contribution is 9.09. The van der Waals surface area contributed by atoms with Crippen LogP contribution in [0.4, 0.5) is 4.79 Å². The van der Waals surface area contributed by atoms with Gasteiger partial charge in [-0.1, -0.05) is 42.8 Å². The Hall–Kier alpha value is -1.62. The molecule has 1 N–H and O–H groups in total. The fourth-order valence-electron chi connectivity index (χ4n) is 3.02. The summed E-state index contributed by atoms with van der Waals surface area (Å²) in [6.07, 6.45) is 5.35. The minimum Gasteiger partial charge on any atom is -0.464 e. The number of allylic oxidation sites excluding steroid dienone is 1. The zero-order valence-corrected chi connectivity index (χ0v) is 13.8. The average Bonchev–Trinajstić information content (AvgIpc) is 2.73. The number of carbonyl (C=O) groups is 1. The molecule has 0 saturated heterocycles. The van der Waals surface area contributed by atoms with Crippen LogP contribution in [0, 0.1) is 5.41 Å². The number of aromatic nitrogens is 2. The van der Waals surface area contributed by atoms with Crippen molar-refractivity contribution in [2.45, 2.75) is 31.5 Å². The molecule has 1 aliphatic carbocycles. The molecular weight excluding hydrogens is 332 g/mol. The van der Waals surface area contributed by atoms with Crippen molar-refractivity contribution < 1.29 is 9.90 Å². The van der Waals surface area contributed by atoms with Crippen molar-refractivity contribution in [2.24, 2.45) is 5.41 Å². The van der Waals surface area contributed by atoms with Gasteiger partial charge in [0.2, 0.25) is 0 Å². The van der Waals surface area contributed by atoms with Gasteiger partial charge >= 0.3 is 6.09 Å². The van der Waals surface area contributed by atoms with Crippen LogP contribution in [0.3, 0.4) is 0 Å². The highest BCUT2D eigenvalue weighted by Crippen LogP contribution is 2.55. The third kappa shape index (κ3) is 1.87. The molecule has 2 aromatic rings. The van der Waals surface area contributed by atoms with Gasteiger partial charge in [0.05, 0.1) is 10.0 Å².